The Bertz CT molecular complexity index is 1000. The first-order valence-corrected chi connectivity index (χ1v) is 10.7. The number of aryl methyl sites for hydroxylation is 2. The van der Waals surface area contributed by atoms with E-state index >= 15 is 0 Å². The fourth-order valence-electron chi connectivity index (χ4n) is 3.08. The van der Waals surface area contributed by atoms with Crippen molar-refractivity contribution in [2.45, 2.75) is 39.4 Å². The number of carbonyl (C=O) groups is 1. The van der Waals surface area contributed by atoms with Crippen LogP contribution in [0, 0.1) is 13.8 Å². The lowest BCUT2D eigenvalue weighted by atomic mass is 10.1. The third-order valence-corrected chi connectivity index (χ3v) is 5.42. The van der Waals surface area contributed by atoms with Crippen LogP contribution in [0.4, 0.5) is 5.69 Å². The number of carbonyl (C=O) groups excluding carboxylic acids is 1. The summed E-state index contributed by atoms with van der Waals surface area (Å²) in [5.41, 5.74) is 3.96. The van der Waals surface area contributed by atoms with Gasteiger partial charge in [0.05, 0.1) is 17.9 Å². The number of hydrogen-bond donors (Lipinski definition) is 1. The molecule has 3 aromatic rings. The van der Waals surface area contributed by atoms with Crippen molar-refractivity contribution >= 4 is 23.4 Å². The largest absolute Gasteiger partial charge is 0.493 e. The number of rotatable bonds is 8. The molecule has 0 aliphatic carbocycles. The number of amides is 1. The quantitative estimate of drug-likeness (QED) is 0.545. The highest BCUT2D eigenvalue weighted by atomic mass is 32.2. The number of thioether (sulfide) groups is 1. The lowest BCUT2D eigenvalue weighted by Crippen LogP contribution is -2.15. The van der Waals surface area contributed by atoms with Gasteiger partial charge in [-0.1, -0.05) is 41.6 Å². The van der Waals surface area contributed by atoms with Crippen LogP contribution < -0.4 is 10.1 Å². The van der Waals surface area contributed by atoms with E-state index in [1.165, 1.54) is 17.3 Å². The highest BCUT2D eigenvalue weighted by Gasteiger charge is 2.17. The van der Waals surface area contributed by atoms with Gasteiger partial charge in [0, 0.05) is 12.2 Å². The minimum absolute atomic E-state index is 0.0659. The molecule has 0 aliphatic rings. The number of anilines is 1. The van der Waals surface area contributed by atoms with Gasteiger partial charge in [0.1, 0.15) is 5.75 Å². The van der Waals surface area contributed by atoms with Crippen LogP contribution >= 0.6 is 11.8 Å². The summed E-state index contributed by atoms with van der Waals surface area (Å²) in [5.74, 6) is 1.72. The molecule has 2 aromatic carbocycles. The molecular formula is C22H26N4O2S. The van der Waals surface area contributed by atoms with Gasteiger partial charge in [-0.25, -0.2) is 0 Å². The first-order valence-electron chi connectivity index (χ1n) is 9.68. The molecule has 0 unspecified atom stereocenters. The standard InChI is InChI=1S/C22H26N4O2S/c1-5-26-21(17-9-7-8-10-19(17)28-6-2)24-25-22(26)29-14-20(27)23-18-12-11-15(3)13-16(18)4/h7-13H,5-6,14H2,1-4H3,(H,23,27). The van der Waals surface area contributed by atoms with Crippen molar-refractivity contribution in [1.82, 2.24) is 14.8 Å². The molecule has 0 aliphatic heterocycles. The summed E-state index contributed by atoms with van der Waals surface area (Å²) in [7, 11) is 0. The van der Waals surface area contributed by atoms with Crippen molar-refractivity contribution < 1.29 is 9.53 Å². The Kier molecular flexibility index (Phi) is 6.93. The molecule has 0 atom stereocenters. The Labute approximate surface area is 175 Å². The highest BCUT2D eigenvalue weighted by Crippen LogP contribution is 2.31. The molecule has 1 aromatic heterocycles. The third-order valence-electron chi connectivity index (χ3n) is 4.45. The van der Waals surface area contributed by atoms with Crippen LogP contribution in [0.25, 0.3) is 11.4 Å². The zero-order valence-electron chi connectivity index (χ0n) is 17.2. The zero-order valence-corrected chi connectivity index (χ0v) is 18.0. The lowest BCUT2D eigenvalue weighted by molar-refractivity contribution is -0.113. The smallest absolute Gasteiger partial charge is 0.234 e. The van der Waals surface area contributed by atoms with E-state index in [2.05, 4.69) is 21.6 Å². The molecule has 7 heteroatoms. The predicted molar refractivity (Wildman–Crippen MR) is 118 cm³/mol. The average molecular weight is 411 g/mol. The van der Waals surface area contributed by atoms with Gasteiger partial charge in [0.25, 0.3) is 0 Å². The highest BCUT2D eigenvalue weighted by molar-refractivity contribution is 7.99. The van der Waals surface area contributed by atoms with Crippen LogP contribution in [0.1, 0.15) is 25.0 Å². The Morgan fingerprint density at radius 3 is 2.66 bits per heavy atom. The summed E-state index contributed by atoms with van der Waals surface area (Å²) < 4.78 is 7.74. The second kappa shape index (κ2) is 9.60. The molecule has 1 heterocycles. The van der Waals surface area contributed by atoms with Gasteiger partial charge in [0.15, 0.2) is 11.0 Å². The van der Waals surface area contributed by atoms with E-state index in [0.717, 1.165) is 28.4 Å². The number of hydrogen-bond acceptors (Lipinski definition) is 5. The Hall–Kier alpha value is -2.80. The molecular weight excluding hydrogens is 384 g/mol. The summed E-state index contributed by atoms with van der Waals surface area (Å²) in [6, 6.07) is 13.8. The molecule has 0 saturated heterocycles. The van der Waals surface area contributed by atoms with E-state index in [9.17, 15) is 4.79 Å². The fourth-order valence-corrected chi connectivity index (χ4v) is 3.89. The number of benzene rings is 2. The van der Waals surface area contributed by atoms with Crippen LogP contribution in [-0.4, -0.2) is 33.0 Å². The van der Waals surface area contributed by atoms with Gasteiger partial charge in [0.2, 0.25) is 5.91 Å². The van der Waals surface area contributed by atoms with Gasteiger partial charge in [-0.15, -0.1) is 10.2 Å². The molecule has 0 bridgehead atoms. The summed E-state index contributed by atoms with van der Waals surface area (Å²) in [5, 5.41) is 12.4. The summed E-state index contributed by atoms with van der Waals surface area (Å²) >= 11 is 1.38. The maximum Gasteiger partial charge on any atom is 0.234 e. The van der Waals surface area contributed by atoms with Crippen molar-refractivity contribution in [2.75, 3.05) is 17.7 Å². The number of para-hydroxylation sites is 1. The van der Waals surface area contributed by atoms with E-state index in [1.54, 1.807) is 0 Å². The molecule has 29 heavy (non-hydrogen) atoms. The number of nitrogens with one attached hydrogen (secondary N) is 1. The van der Waals surface area contributed by atoms with Crippen molar-refractivity contribution in [3.05, 3.63) is 53.6 Å². The van der Waals surface area contributed by atoms with E-state index in [1.807, 2.05) is 68.7 Å². The van der Waals surface area contributed by atoms with Crippen molar-refractivity contribution in [3.63, 3.8) is 0 Å². The van der Waals surface area contributed by atoms with Crippen molar-refractivity contribution in [2.24, 2.45) is 0 Å². The Morgan fingerprint density at radius 2 is 1.93 bits per heavy atom. The van der Waals surface area contributed by atoms with E-state index in [4.69, 9.17) is 4.74 Å². The van der Waals surface area contributed by atoms with Crippen molar-refractivity contribution in [1.29, 1.82) is 0 Å². The van der Waals surface area contributed by atoms with Crippen LogP contribution in [0.15, 0.2) is 47.6 Å². The molecule has 0 fully saturated rings. The fraction of sp³-hybridized carbons (Fsp3) is 0.318. The third kappa shape index (κ3) is 4.98. The normalized spacial score (nSPS) is 10.8. The summed E-state index contributed by atoms with van der Waals surface area (Å²) in [6.45, 7) is 9.30. The summed E-state index contributed by atoms with van der Waals surface area (Å²) in [4.78, 5) is 12.4. The van der Waals surface area contributed by atoms with Gasteiger partial charge in [-0.2, -0.15) is 0 Å². The molecule has 152 valence electrons. The second-order valence-electron chi connectivity index (χ2n) is 6.63. The van der Waals surface area contributed by atoms with E-state index < -0.39 is 0 Å². The molecule has 0 radical (unpaired) electrons. The Balaban J connectivity index is 1.73. The molecule has 6 nitrogen and oxygen atoms in total. The molecule has 0 spiro atoms. The lowest BCUT2D eigenvalue weighted by Gasteiger charge is -2.12. The number of nitrogens with zero attached hydrogens (tertiary/aromatic N) is 3. The molecule has 1 N–H and O–H groups in total. The zero-order chi connectivity index (χ0) is 20.8. The monoisotopic (exact) mass is 410 g/mol. The average Bonchev–Trinajstić information content (AvgIpc) is 3.12. The van der Waals surface area contributed by atoms with Gasteiger partial charge in [-0.05, 0) is 51.5 Å². The first kappa shape index (κ1) is 20.9. The van der Waals surface area contributed by atoms with Crippen LogP contribution in [0.5, 0.6) is 5.75 Å². The number of ether oxygens (including phenoxy) is 1. The molecule has 1 amide bonds. The van der Waals surface area contributed by atoms with Crippen LogP contribution in [0.2, 0.25) is 0 Å². The van der Waals surface area contributed by atoms with E-state index in [0.29, 0.717) is 18.3 Å². The molecule has 0 saturated carbocycles. The maximum absolute atomic E-state index is 12.4. The van der Waals surface area contributed by atoms with Gasteiger partial charge >= 0.3 is 0 Å². The SMILES string of the molecule is CCOc1ccccc1-c1nnc(SCC(=O)Nc2ccc(C)cc2C)n1CC. The van der Waals surface area contributed by atoms with E-state index in [-0.39, 0.29) is 11.7 Å². The molecule has 3 rings (SSSR count). The second-order valence-corrected chi connectivity index (χ2v) is 7.58. The first-order chi connectivity index (χ1) is 14.0. The van der Waals surface area contributed by atoms with Crippen LogP contribution in [-0.2, 0) is 11.3 Å². The maximum atomic E-state index is 12.4. The van der Waals surface area contributed by atoms with Crippen LogP contribution in [0.3, 0.4) is 0 Å². The minimum Gasteiger partial charge on any atom is -0.493 e. The minimum atomic E-state index is -0.0659. The van der Waals surface area contributed by atoms with Crippen molar-refractivity contribution in [3.8, 4) is 17.1 Å². The topological polar surface area (TPSA) is 69.0 Å². The predicted octanol–water partition coefficient (Wildman–Crippen LogP) is 4.71. The van der Waals surface area contributed by atoms with Gasteiger partial charge < -0.3 is 14.6 Å². The van der Waals surface area contributed by atoms with Gasteiger partial charge in [-0.3, -0.25) is 4.79 Å². The summed E-state index contributed by atoms with van der Waals surface area (Å²) in [6.07, 6.45) is 0. The number of aromatic nitrogens is 3. The Morgan fingerprint density at radius 1 is 1.14 bits per heavy atom.